The van der Waals surface area contributed by atoms with Gasteiger partial charge in [-0.1, -0.05) is 0 Å². The molecule has 0 unspecified atom stereocenters. The molecule has 8 heteroatoms. The number of halogens is 1. The molecule has 0 aliphatic carbocycles. The van der Waals surface area contributed by atoms with Gasteiger partial charge in [0.25, 0.3) is 0 Å². The number of anilines is 1. The van der Waals surface area contributed by atoms with Crippen LogP contribution >= 0.6 is 0 Å². The first-order valence-corrected chi connectivity index (χ1v) is 11.0. The molecule has 7 nitrogen and oxygen atoms in total. The maximum Gasteiger partial charge on any atom is 0.309 e. The van der Waals surface area contributed by atoms with Crippen LogP contribution in [-0.2, 0) is 9.53 Å². The van der Waals surface area contributed by atoms with Gasteiger partial charge in [-0.05, 0) is 44.0 Å². The van der Waals surface area contributed by atoms with Crippen LogP contribution in [0.3, 0.4) is 0 Å². The van der Waals surface area contributed by atoms with Crippen molar-refractivity contribution in [3.05, 3.63) is 30.1 Å². The Hall–Kier alpha value is -2.35. The molecule has 0 aromatic heterocycles. The number of piperazine rings is 1. The van der Waals surface area contributed by atoms with Gasteiger partial charge in [-0.15, -0.1) is 0 Å². The fourth-order valence-electron chi connectivity index (χ4n) is 4.13. The third kappa shape index (κ3) is 6.08. The molecule has 0 spiro atoms. The molecular formula is C22H34FN5O2. The van der Waals surface area contributed by atoms with Gasteiger partial charge in [-0.3, -0.25) is 14.7 Å². The van der Waals surface area contributed by atoms with Crippen LogP contribution < -0.4 is 10.2 Å². The summed E-state index contributed by atoms with van der Waals surface area (Å²) in [5.41, 5.74) is 1.08. The van der Waals surface area contributed by atoms with Gasteiger partial charge in [0, 0.05) is 65.1 Å². The van der Waals surface area contributed by atoms with Crippen molar-refractivity contribution in [2.24, 2.45) is 10.9 Å². The summed E-state index contributed by atoms with van der Waals surface area (Å²) >= 11 is 0. The zero-order valence-corrected chi connectivity index (χ0v) is 18.1. The second kappa shape index (κ2) is 11.2. The normalized spacial score (nSPS) is 19.1. The number of esters is 1. The molecule has 0 bridgehead atoms. The Morgan fingerprint density at radius 3 is 2.40 bits per heavy atom. The molecule has 0 amide bonds. The number of aliphatic imine (C=N–C) groups is 1. The molecule has 2 aliphatic heterocycles. The third-order valence-electron chi connectivity index (χ3n) is 5.90. The Morgan fingerprint density at radius 2 is 1.80 bits per heavy atom. The summed E-state index contributed by atoms with van der Waals surface area (Å²) in [5.74, 6) is 0.654. The molecule has 2 aliphatic rings. The van der Waals surface area contributed by atoms with Crippen LogP contribution in [0.15, 0.2) is 29.3 Å². The molecule has 2 heterocycles. The van der Waals surface area contributed by atoms with Crippen molar-refractivity contribution in [1.29, 1.82) is 0 Å². The Balaban J connectivity index is 1.36. The van der Waals surface area contributed by atoms with Crippen LogP contribution in [0.1, 0.15) is 19.8 Å². The van der Waals surface area contributed by atoms with E-state index >= 15 is 0 Å². The lowest BCUT2D eigenvalue weighted by Gasteiger charge is -2.37. The molecule has 0 radical (unpaired) electrons. The highest BCUT2D eigenvalue weighted by atomic mass is 19.1. The number of guanidine groups is 1. The summed E-state index contributed by atoms with van der Waals surface area (Å²) < 4.78 is 18.3. The number of carbonyl (C=O) groups is 1. The summed E-state index contributed by atoms with van der Waals surface area (Å²) in [5, 5.41) is 3.47. The van der Waals surface area contributed by atoms with Crippen molar-refractivity contribution >= 4 is 17.6 Å². The number of nitrogens with zero attached hydrogens (tertiary/aromatic N) is 4. The van der Waals surface area contributed by atoms with Crippen molar-refractivity contribution in [1.82, 2.24) is 15.1 Å². The minimum atomic E-state index is -0.193. The molecule has 1 aromatic carbocycles. The average molecular weight is 420 g/mol. The first-order chi connectivity index (χ1) is 14.6. The van der Waals surface area contributed by atoms with E-state index < -0.39 is 0 Å². The first-order valence-electron chi connectivity index (χ1n) is 11.0. The topological polar surface area (TPSA) is 60.4 Å². The quantitative estimate of drug-likeness (QED) is 0.431. The predicted octanol–water partition coefficient (Wildman–Crippen LogP) is 1.80. The van der Waals surface area contributed by atoms with Gasteiger partial charge in [0.15, 0.2) is 5.96 Å². The van der Waals surface area contributed by atoms with Crippen LogP contribution in [0.5, 0.6) is 0 Å². The highest BCUT2D eigenvalue weighted by Crippen LogP contribution is 2.19. The summed E-state index contributed by atoms with van der Waals surface area (Å²) in [7, 11) is 1.81. The molecule has 0 atom stereocenters. The van der Waals surface area contributed by atoms with E-state index in [1.54, 1.807) is 7.05 Å². The number of hydrogen-bond acceptors (Lipinski definition) is 5. The summed E-state index contributed by atoms with van der Waals surface area (Å²) in [6.45, 7) is 9.59. The maximum atomic E-state index is 13.1. The van der Waals surface area contributed by atoms with Crippen molar-refractivity contribution in [2.45, 2.75) is 19.8 Å². The van der Waals surface area contributed by atoms with E-state index in [0.29, 0.717) is 6.61 Å². The number of ether oxygens (including phenoxy) is 1. The fourth-order valence-corrected chi connectivity index (χ4v) is 4.13. The standard InChI is InChI=1S/C22H34FN5O2/c1-3-30-21(29)18-8-11-28(12-9-18)22(24-2)25-10-13-26-14-16-27(17-15-26)20-6-4-19(23)5-7-20/h4-7,18H,3,8-17H2,1-2H3,(H,24,25). The molecule has 0 saturated carbocycles. The monoisotopic (exact) mass is 419 g/mol. The van der Waals surface area contributed by atoms with Crippen molar-refractivity contribution in [3.63, 3.8) is 0 Å². The van der Waals surface area contributed by atoms with Gasteiger partial charge in [-0.25, -0.2) is 4.39 Å². The van der Waals surface area contributed by atoms with Crippen LogP contribution in [0, 0.1) is 11.7 Å². The number of piperidine rings is 1. The Bertz CT molecular complexity index is 696. The Morgan fingerprint density at radius 1 is 1.13 bits per heavy atom. The largest absolute Gasteiger partial charge is 0.466 e. The van der Waals surface area contributed by atoms with E-state index in [2.05, 4.69) is 25.0 Å². The number of rotatable bonds is 6. The zero-order valence-electron chi connectivity index (χ0n) is 18.1. The van der Waals surface area contributed by atoms with Crippen molar-refractivity contribution < 1.29 is 13.9 Å². The van der Waals surface area contributed by atoms with Crippen LogP contribution in [0.2, 0.25) is 0 Å². The highest BCUT2D eigenvalue weighted by molar-refractivity contribution is 5.80. The second-order valence-electron chi connectivity index (χ2n) is 7.79. The average Bonchev–Trinajstić information content (AvgIpc) is 2.78. The van der Waals surface area contributed by atoms with E-state index in [1.807, 2.05) is 19.1 Å². The van der Waals surface area contributed by atoms with E-state index in [1.165, 1.54) is 12.1 Å². The van der Waals surface area contributed by atoms with Crippen molar-refractivity contribution in [2.75, 3.05) is 70.9 Å². The van der Waals surface area contributed by atoms with Gasteiger partial charge in [0.1, 0.15) is 5.82 Å². The van der Waals surface area contributed by atoms with E-state index in [-0.39, 0.29) is 17.7 Å². The maximum absolute atomic E-state index is 13.1. The number of benzene rings is 1. The number of likely N-dealkylation sites (tertiary alicyclic amines) is 1. The number of nitrogens with one attached hydrogen (secondary N) is 1. The lowest BCUT2D eigenvalue weighted by molar-refractivity contribution is -0.149. The van der Waals surface area contributed by atoms with E-state index in [0.717, 1.165) is 76.8 Å². The Kier molecular flexibility index (Phi) is 8.30. The molecule has 3 rings (SSSR count). The van der Waals surface area contributed by atoms with Gasteiger partial charge < -0.3 is 19.9 Å². The molecule has 2 saturated heterocycles. The fraction of sp³-hybridized carbons (Fsp3) is 0.636. The van der Waals surface area contributed by atoms with E-state index in [9.17, 15) is 9.18 Å². The third-order valence-corrected chi connectivity index (χ3v) is 5.90. The molecule has 166 valence electrons. The number of hydrogen-bond donors (Lipinski definition) is 1. The minimum Gasteiger partial charge on any atom is -0.466 e. The molecular weight excluding hydrogens is 385 g/mol. The van der Waals surface area contributed by atoms with Gasteiger partial charge in [0.2, 0.25) is 0 Å². The Labute approximate surface area is 178 Å². The summed E-state index contributed by atoms with van der Waals surface area (Å²) in [6.07, 6.45) is 1.62. The van der Waals surface area contributed by atoms with Crippen LogP contribution in [0.4, 0.5) is 10.1 Å². The molecule has 1 N–H and O–H groups in total. The summed E-state index contributed by atoms with van der Waals surface area (Å²) in [6, 6.07) is 6.74. The second-order valence-corrected chi connectivity index (χ2v) is 7.79. The number of carbonyl (C=O) groups excluding carboxylic acids is 1. The minimum absolute atomic E-state index is 0.0108. The first kappa shape index (κ1) is 22.3. The van der Waals surface area contributed by atoms with Crippen LogP contribution in [0.25, 0.3) is 0 Å². The smallest absolute Gasteiger partial charge is 0.309 e. The predicted molar refractivity (Wildman–Crippen MR) is 117 cm³/mol. The van der Waals surface area contributed by atoms with Crippen LogP contribution in [-0.4, -0.2) is 87.7 Å². The van der Waals surface area contributed by atoms with Gasteiger partial charge in [0.05, 0.1) is 12.5 Å². The molecule has 30 heavy (non-hydrogen) atoms. The molecule has 1 aromatic rings. The lowest BCUT2D eigenvalue weighted by Crippen LogP contribution is -2.51. The lowest BCUT2D eigenvalue weighted by atomic mass is 9.97. The summed E-state index contributed by atoms with van der Waals surface area (Å²) in [4.78, 5) is 23.3. The van der Waals surface area contributed by atoms with Crippen molar-refractivity contribution in [3.8, 4) is 0 Å². The zero-order chi connectivity index (χ0) is 21.3. The van der Waals surface area contributed by atoms with E-state index in [4.69, 9.17) is 4.74 Å². The highest BCUT2D eigenvalue weighted by Gasteiger charge is 2.27. The SMILES string of the molecule is CCOC(=O)C1CCN(C(=NC)NCCN2CCN(c3ccc(F)cc3)CC2)CC1. The molecule has 2 fully saturated rings. The van der Waals surface area contributed by atoms with Gasteiger partial charge in [-0.2, -0.15) is 0 Å². The van der Waals surface area contributed by atoms with Gasteiger partial charge >= 0.3 is 5.97 Å².